The first-order valence-electron chi connectivity index (χ1n) is 8.11. The lowest BCUT2D eigenvalue weighted by molar-refractivity contribution is 0.501. The van der Waals surface area contributed by atoms with Gasteiger partial charge in [0, 0.05) is 6.04 Å². The van der Waals surface area contributed by atoms with E-state index in [4.69, 9.17) is 4.42 Å². The van der Waals surface area contributed by atoms with Crippen molar-refractivity contribution in [3.05, 3.63) is 65.6 Å². The van der Waals surface area contributed by atoms with Crippen molar-refractivity contribution in [3.8, 4) is 0 Å². The Hall–Kier alpha value is -2.27. The van der Waals surface area contributed by atoms with Gasteiger partial charge in [-0.05, 0) is 68.1 Å². The quantitative estimate of drug-likeness (QED) is 0.658. The van der Waals surface area contributed by atoms with Crippen LogP contribution in [0, 0.1) is 11.6 Å². The summed E-state index contributed by atoms with van der Waals surface area (Å²) in [5.41, 5.74) is 3.70. The fraction of sp³-hybridized carbons (Fsp3) is 0.316. The molecule has 0 aliphatic heterocycles. The number of halogens is 2. The minimum absolute atomic E-state index is 0.201. The van der Waals surface area contributed by atoms with Gasteiger partial charge >= 0.3 is 0 Å². The maximum absolute atomic E-state index is 13.2. The molecule has 1 N–H and O–H groups in total. The molecule has 0 aliphatic carbocycles. The Morgan fingerprint density at radius 1 is 1.08 bits per heavy atom. The third-order valence-electron chi connectivity index (χ3n) is 4.06. The van der Waals surface area contributed by atoms with Crippen LogP contribution in [0.1, 0.15) is 24.5 Å². The zero-order valence-corrected chi connectivity index (χ0v) is 13.6. The number of aromatic nitrogens is 1. The largest absolute Gasteiger partial charge is 0.443 e. The summed E-state index contributed by atoms with van der Waals surface area (Å²) in [6.07, 6.45) is 4.06. The van der Waals surface area contributed by atoms with Crippen LogP contribution in [-0.2, 0) is 12.8 Å². The minimum atomic E-state index is -0.803. The third kappa shape index (κ3) is 4.17. The number of hydrogen-bond donors (Lipinski definition) is 1. The highest BCUT2D eigenvalue weighted by molar-refractivity contribution is 5.72. The first-order chi connectivity index (χ1) is 11.6. The second-order valence-electron chi connectivity index (χ2n) is 6.07. The molecular weight excluding hydrogens is 310 g/mol. The monoisotopic (exact) mass is 330 g/mol. The van der Waals surface area contributed by atoms with Crippen molar-refractivity contribution in [1.82, 2.24) is 10.3 Å². The van der Waals surface area contributed by atoms with Crippen molar-refractivity contribution in [3.63, 3.8) is 0 Å². The lowest BCUT2D eigenvalue weighted by Crippen LogP contribution is -2.29. The van der Waals surface area contributed by atoms with Crippen molar-refractivity contribution in [1.29, 1.82) is 0 Å². The Kier molecular flexibility index (Phi) is 5.20. The normalized spacial score (nSPS) is 12.6. The van der Waals surface area contributed by atoms with E-state index in [-0.39, 0.29) is 6.04 Å². The van der Waals surface area contributed by atoms with Gasteiger partial charge in [0.1, 0.15) is 5.52 Å². The number of benzene rings is 2. The first kappa shape index (κ1) is 16.6. The van der Waals surface area contributed by atoms with Crippen LogP contribution in [0.15, 0.2) is 47.2 Å². The standard InChI is InChI=1S/C19H20F2N2O/c1-13(9-15-4-6-16(20)17(21)10-15)22-8-2-3-14-5-7-18-19(11-14)24-12-23-18/h4-7,10-13,22H,2-3,8-9H2,1H3. The van der Waals surface area contributed by atoms with Gasteiger partial charge in [-0.2, -0.15) is 0 Å². The van der Waals surface area contributed by atoms with Crippen molar-refractivity contribution in [2.75, 3.05) is 6.54 Å². The van der Waals surface area contributed by atoms with E-state index in [0.717, 1.165) is 36.0 Å². The van der Waals surface area contributed by atoms with E-state index in [9.17, 15) is 8.78 Å². The molecule has 5 heteroatoms. The molecule has 1 atom stereocenters. The second kappa shape index (κ2) is 7.53. The molecule has 3 nitrogen and oxygen atoms in total. The summed E-state index contributed by atoms with van der Waals surface area (Å²) in [6.45, 7) is 2.90. The summed E-state index contributed by atoms with van der Waals surface area (Å²) in [5.74, 6) is -1.59. The van der Waals surface area contributed by atoms with E-state index in [1.54, 1.807) is 6.07 Å². The molecule has 0 bridgehead atoms. The van der Waals surface area contributed by atoms with Crippen LogP contribution < -0.4 is 5.32 Å². The first-order valence-corrected chi connectivity index (χ1v) is 8.11. The number of hydrogen-bond acceptors (Lipinski definition) is 3. The number of aryl methyl sites for hydroxylation is 1. The molecule has 24 heavy (non-hydrogen) atoms. The number of rotatable bonds is 7. The van der Waals surface area contributed by atoms with Crippen molar-refractivity contribution < 1.29 is 13.2 Å². The average Bonchev–Trinajstić information content (AvgIpc) is 3.03. The Bertz CT molecular complexity index is 816. The van der Waals surface area contributed by atoms with Crippen LogP contribution in [0.3, 0.4) is 0 Å². The molecular formula is C19H20F2N2O. The van der Waals surface area contributed by atoms with Gasteiger partial charge in [-0.15, -0.1) is 0 Å². The summed E-state index contributed by atoms with van der Waals surface area (Å²) in [4.78, 5) is 4.10. The molecule has 0 radical (unpaired) electrons. The van der Waals surface area contributed by atoms with Gasteiger partial charge in [-0.1, -0.05) is 12.1 Å². The van der Waals surface area contributed by atoms with Crippen LogP contribution in [0.4, 0.5) is 8.78 Å². The zero-order chi connectivity index (χ0) is 16.9. The lowest BCUT2D eigenvalue weighted by atomic mass is 10.1. The van der Waals surface area contributed by atoms with Gasteiger partial charge in [-0.25, -0.2) is 13.8 Å². The van der Waals surface area contributed by atoms with Crippen LogP contribution in [-0.4, -0.2) is 17.6 Å². The number of oxazole rings is 1. The van der Waals surface area contributed by atoms with Gasteiger partial charge in [0.15, 0.2) is 23.6 Å². The second-order valence-corrected chi connectivity index (χ2v) is 6.07. The van der Waals surface area contributed by atoms with Gasteiger partial charge in [0.25, 0.3) is 0 Å². The highest BCUT2D eigenvalue weighted by Crippen LogP contribution is 2.15. The Labute approximate surface area is 139 Å². The van der Waals surface area contributed by atoms with E-state index in [2.05, 4.69) is 16.4 Å². The molecule has 0 aliphatic rings. The Morgan fingerprint density at radius 2 is 1.92 bits per heavy atom. The summed E-state index contributed by atoms with van der Waals surface area (Å²) >= 11 is 0. The predicted octanol–water partition coefficient (Wildman–Crippen LogP) is 4.26. The predicted molar refractivity (Wildman–Crippen MR) is 89.9 cm³/mol. The number of fused-ring (bicyclic) bond motifs is 1. The molecule has 0 spiro atoms. The van der Waals surface area contributed by atoms with Gasteiger partial charge in [0.2, 0.25) is 0 Å². The summed E-state index contributed by atoms with van der Waals surface area (Å²) in [6, 6.07) is 10.3. The molecule has 3 rings (SSSR count). The number of nitrogens with zero attached hydrogens (tertiary/aromatic N) is 1. The van der Waals surface area contributed by atoms with Crippen LogP contribution >= 0.6 is 0 Å². The van der Waals surface area contributed by atoms with E-state index in [1.807, 2.05) is 19.1 Å². The van der Waals surface area contributed by atoms with Crippen molar-refractivity contribution >= 4 is 11.1 Å². The summed E-state index contributed by atoms with van der Waals surface area (Å²) < 4.78 is 31.4. The van der Waals surface area contributed by atoms with Gasteiger partial charge in [0.05, 0.1) is 0 Å². The van der Waals surface area contributed by atoms with E-state index in [0.29, 0.717) is 6.42 Å². The van der Waals surface area contributed by atoms with Gasteiger partial charge in [-0.3, -0.25) is 0 Å². The van der Waals surface area contributed by atoms with E-state index in [1.165, 1.54) is 24.1 Å². The molecule has 1 heterocycles. The molecule has 2 aromatic carbocycles. The molecule has 0 fully saturated rings. The Balaban J connectivity index is 1.43. The third-order valence-corrected chi connectivity index (χ3v) is 4.06. The molecule has 1 unspecified atom stereocenters. The maximum Gasteiger partial charge on any atom is 0.181 e. The molecule has 0 amide bonds. The van der Waals surface area contributed by atoms with Crippen molar-refractivity contribution in [2.24, 2.45) is 0 Å². The van der Waals surface area contributed by atoms with E-state index >= 15 is 0 Å². The fourth-order valence-corrected chi connectivity index (χ4v) is 2.79. The summed E-state index contributed by atoms with van der Waals surface area (Å²) in [5, 5.41) is 3.42. The zero-order valence-electron chi connectivity index (χ0n) is 13.6. The summed E-state index contributed by atoms with van der Waals surface area (Å²) in [7, 11) is 0. The molecule has 0 saturated carbocycles. The molecule has 1 aromatic heterocycles. The molecule has 126 valence electrons. The smallest absolute Gasteiger partial charge is 0.181 e. The Morgan fingerprint density at radius 3 is 2.75 bits per heavy atom. The highest BCUT2D eigenvalue weighted by atomic mass is 19.2. The van der Waals surface area contributed by atoms with Crippen LogP contribution in [0.25, 0.3) is 11.1 Å². The fourth-order valence-electron chi connectivity index (χ4n) is 2.79. The van der Waals surface area contributed by atoms with Crippen LogP contribution in [0.2, 0.25) is 0 Å². The van der Waals surface area contributed by atoms with E-state index < -0.39 is 11.6 Å². The minimum Gasteiger partial charge on any atom is -0.443 e. The lowest BCUT2D eigenvalue weighted by Gasteiger charge is -2.14. The maximum atomic E-state index is 13.2. The average molecular weight is 330 g/mol. The van der Waals surface area contributed by atoms with Crippen molar-refractivity contribution in [2.45, 2.75) is 32.2 Å². The van der Waals surface area contributed by atoms with Gasteiger partial charge < -0.3 is 9.73 Å². The SMILES string of the molecule is CC(Cc1ccc(F)c(F)c1)NCCCc1ccc2ncoc2c1. The van der Waals surface area contributed by atoms with Crippen LogP contribution in [0.5, 0.6) is 0 Å². The highest BCUT2D eigenvalue weighted by Gasteiger charge is 2.07. The molecule has 3 aromatic rings. The molecule has 0 saturated heterocycles. The number of nitrogens with one attached hydrogen (secondary N) is 1. The topological polar surface area (TPSA) is 38.1 Å².